The molecule has 112 valence electrons. The molecule has 21 heavy (non-hydrogen) atoms. The fourth-order valence-electron chi connectivity index (χ4n) is 2.32. The molecule has 0 aliphatic heterocycles. The molecule has 0 atom stereocenters. The summed E-state index contributed by atoms with van der Waals surface area (Å²) in [7, 11) is 1.95. The van der Waals surface area contributed by atoms with Crippen molar-refractivity contribution in [3.8, 4) is 0 Å². The van der Waals surface area contributed by atoms with Gasteiger partial charge in [-0.25, -0.2) is 9.97 Å². The molecule has 6 heteroatoms. The number of rotatable bonds is 6. The van der Waals surface area contributed by atoms with Crippen LogP contribution in [0.15, 0.2) is 12.3 Å². The lowest BCUT2D eigenvalue weighted by molar-refractivity contribution is 0.719. The summed E-state index contributed by atoms with van der Waals surface area (Å²) in [5.74, 6) is 3.37. The number of aromatic nitrogens is 4. The third-order valence-corrected chi connectivity index (χ3v) is 3.81. The number of hydrogen-bond donors (Lipinski definition) is 2. The van der Waals surface area contributed by atoms with Gasteiger partial charge in [-0.05, 0) is 32.8 Å². The average Bonchev–Trinajstić information content (AvgIpc) is 3.24. The van der Waals surface area contributed by atoms with Crippen molar-refractivity contribution in [2.75, 3.05) is 17.2 Å². The van der Waals surface area contributed by atoms with Gasteiger partial charge in [0.05, 0.1) is 12.2 Å². The van der Waals surface area contributed by atoms with Gasteiger partial charge in [-0.2, -0.15) is 5.10 Å². The molecule has 0 spiro atoms. The van der Waals surface area contributed by atoms with E-state index in [1.54, 1.807) is 0 Å². The predicted molar refractivity (Wildman–Crippen MR) is 83.4 cm³/mol. The molecule has 0 unspecified atom stereocenters. The van der Waals surface area contributed by atoms with Crippen molar-refractivity contribution in [2.24, 2.45) is 7.05 Å². The Balaban J connectivity index is 1.83. The van der Waals surface area contributed by atoms with Gasteiger partial charge in [0.1, 0.15) is 17.5 Å². The van der Waals surface area contributed by atoms with E-state index in [1.807, 2.05) is 24.0 Å². The third kappa shape index (κ3) is 2.99. The maximum absolute atomic E-state index is 4.71. The van der Waals surface area contributed by atoms with Crippen molar-refractivity contribution in [1.82, 2.24) is 19.7 Å². The van der Waals surface area contributed by atoms with Gasteiger partial charge in [-0.1, -0.05) is 0 Å². The summed E-state index contributed by atoms with van der Waals surface area (Å²) >= 11 is 0. The van der Waals surface area contributed by atoms with E-state index in [0.29, 0.717) is 12.5 Å². The molecule has 0 radical (unpaired) electrons. The monoisotopic (exact) mass is 286 g/mol. The van der Waals surface area contributed by atoms with Crippen LogP contribution in [0.3, 0.4) is 0 Å². The first-order chi connectivity index (χ1) is 10.2. The van der Waals surface area contributed by atoms with Crippen LogP contribution >= 0.6 is 0 Å². The normalized spacial score (nSPS) is 14.2. The first kappa shape index (κ1) is 13.9. The maximum Gasteiger partial charge on any atom is 0.136 e. The predicted octanol–water partition coefficient (Wildman–Crippen LogP) is 2.44. The van der Waals surface area contributed by atoms with Crippen molar-refractivity contribution < 1.29 is 0 Å². The molecule has 1 aliphatic carbocycles. The van der Waals surface area contributed by atoms with Gasteiger partial charge in [0.2, 0.25) is 0 Å². The molecule has 0 amide bonds. The van der Waals surface area contributed by atoms with E-state index in [2.05, 4.69) is 34.6 Å². The largest absolute Gasteiger partial charge is 0.370 e. The zero-order valence-electron chi connectivity index (χ0n) is 12.8. The van der Waals surface area contributed by atoms with E-state index in [-0.39, 0.29) is 0 Å². The fraction of sp³-hybridized carbons (Fsp3) is 0.533. The maximum atomic E-state index is 4.71. The van der Waals surface area contributed by atoms with E-state index >= 15 is 0 Å². The molecule has 2 aromatic heterocycles. The lowest BCUT2D eigenvalue weighted by atomic mass is 10.2. The highest BCUT2D eigenvalue weighted by Gasteiger charge is 2.28. The van der Waals surface area contributed by atoms with Crippen LogP contribution in [0.4, 0.5) is 11.6 Å². The van der Waals surface area contributed by atoms with Crippen LogP contribution in [-0.2, 0) is 13.6 Å². The fourth-order valence-corrected chi connectivity index (χ4v) is 2.32. The van der Waals surface area contributed by atoms with E-state index in [0.717, 1.165) is 35.3 Å². The van der Waals surface area contributed by atoms with E-state index in [9.17, 15) is 0 Å². The topological polar surface area (TPSA) is 67.7 Å². The van der Waals surface area contributed by atoms with E-state index in [4.69, 9.17) is 4.98 Å². The van der Waals surface area contributed by atoms with Gasteiger partial charge in [0.25, 0.3) is 0 Å². The summed E-state index contributed by atoms with van der Waals surface area (Å²) in [5, 5.41) is 10.9. The number of aryl methyl sites for hydroxylation is 1. The van der Waals surface area contributed by atoms with E-state index in [1.165, 1.54) is 12.8 Å². The minimum Gasteiger partial charge on any atom is -0.370 e. The molecule has 1 fully saturated rings. The summed E-state index contributed by atoms with van der Waals surface area (Å²) in [5.41, 5.74) is 2.20. The van der Waals surface area contributed by atoms with Gasteiger partial charge in [0.15, 0.2) is 0 Å². The standard InChI is InChI=1S/C15H22N6/c1-4-16-13-10(2)14(20-15(19-13)11-5-6-11)17-9-12-7-8-18-21(12)3/h7-8,11H,4-6,9H2,1-3H3,(H2,16,17,19,20). The zero-order valence-corrected chi connectivity index (χ0v) is 12.8. The quantitative estimate of drug-likeness (QED) is 0.853. The number of nitrogens with zero attached hydrogens (tertiary/aromatic N) is 4. The molecule has 2 N–H and O–H groups in total. The molecular weight excluding hydrogens is 264 g/mol. The van der Waals surface area contributed by atoms with Crippen LogP contribution < -0.4 is 10.6 Å². The van der Waals surface area contributed by atoms with Crippen molar-refractivity contribution in [3.05, 3.63) is 29.3 Å². The van der Waals surface area contributed by atoms with Gasteiger partial charge in [-0.3, -0.25) is 4.68 Å². The van der Waals surface area contributed by atoms with Crippen molar-refractivity contribution >= 4 is 11.6 Å². The molecular formula is C15H22N6. The molecule has 6 nitrogen and oxygen atoms in total. The Morgan fingerprint density at radius 2 is 1.95 bits per heavy atom. The molecule has 0 bridgehead atoms. The van der Waals surface area contributed by atoms with Crippen molar-refractivity contribution in [1.29, 1.82) is 0 Å². The SMILES string of the molecule is CCNc1nc(C2CC2)nc(NCc2ccnn2C)c1C. The van der Waals surface area contributed by atoms with Gasteiger partial charge >= 0.3 is 0 Å². The number of nitrogens with one attached hydrogen (secondary N) is 2. The van der Waals surface area contributed by atoms with Crippen LogP contribution in [-0.4, -0.2) is 26.3 Å². The first-order valence-corrected chi connectivity index (χ1v) is 7.52. The molecule has 2 aromatic rings. The minimum absolute atomic E-state index is 0.542. The smallest absolute Gasteiger partial charge is 0.136 e. The second-order valence-corrected chi connectivity index (χ2v) is 5.51. The second kappa shape index (κ2) is 5.71. The molecule has 2 heterocycles. The van der Waals surface area contributed by atoms with Crippen LogP contribution in [0, 0.1) is 6.92 Å². The highest BCUT2D eigenvalue weighted by molar-refractivity contribution is 5.57. The molecule has 1 aliphatic rings. The molecule has 3 rings (SSSR count). The van der Waals surface area contributed by atoms with Crippen LogP contribution in [0.2, 0.25) is 0 Å². The van der Waals surface area contributed by atoms with Crippen molar-refractivity contribution in [3.63, 3.8) is 0 Å². The lowest BCUT2D eigenvalue weighted by Gasteiger charge is -2.14. The van der Waals surface area contributed by atoms with Crippen LogP contribution in [0.1, 0.15) is 42.8 Å². The van der Waals surface area contributed by atoms with Crippen LogP contribution in [0.5, 0.6) is 0 Å². The molecule has 0 saturated heterocycles. The molecule has 1 saturated carbocycles. The zero-order chi connectivity index (χ0) is 14.8. The van der Waals surface area contributed by atoms with E-state index < -0.39 is 0 Å². The Kier molecular flexibility index (Phi) is 3.77. The molecule has 0 aromatic carbocycles. The Bertz CT molecular complexity index is 629. The first-order valence-electron chi connectivity index (χ1n) is 7.52. The Hall–Kier alpha value is -2.11. The summed E-state index contributed by atoms with van der Waals surface area (Å²) in [6.07, 6.45) is 4.22. The summed E-state index contributed by atoms with van der Waals surface area (Å²) in [6.45, 7) is 5.72. The minimum atomic E-state index is 0.542. The average molecular weight is 286 g/mol. The van der Waals surface area contributed by atoms with Gasteiger partial charge < -0.3 is 10.6 Å². The Morgan fingerprint density at radius 1 is 1.24 bits per heavy atom. The number of anilines is 2. The highest BCUT2D eigenvalue weighted by atomic mass is 15.3. The van der Waals surface area contributed by atoms with Gasteiger partial charge in [0, 0.05) is 31.3 Å². The summed E-state index contributed by atoms with van der Waals surface area (Å²) in [4.78, 5) is 9.38. The van der Waals surface area contributed by atoms with Gasteiger partial charge in [-0.15, -0.1) is 0 Å². The third-order valence-electron chi connectivity index (χ3n) is 3.81. The van der Waals surface area contributed by atoms with Crippen molar-refractivity contribution in [2.45, 2.75) is 39.2 Å². The summed E-state index contributed by atoms with van der Waals surface area (Å²) < 4.78 is 1.87. The lowest BCUT2D eigenvalue weighted by Crippen LogP contribution is -2.12. The number of hydrogen-bond acceptors (Lipinski definition) is 5. The Morgan fingerprint density at radius 3 is 2.52 bits per heavy atom. The Labute approximate surface area is 125 Å². The van der Waals surface area contributed by atoms with Crippen LogP contribution in [0.25, 0.3) is 0 Å². The second-order valence-electron chi connectivity index (χ2n) is 5.51. The summed E-state index contributed by atoms with van der Waals surface area (Å²) in [6, 6.07) is 2.01. The highest BCUT2D eigenvalue weighted by Crippen LogP contribution is 2.39.